The topological polar surface area (TPSA) is 70.2 Å². The Balaban J connectivity index is 1.70. The van der Waals surface area contributed by atoms with Crippen molar-refractivity contribution in [3.05, 3.63) is 29.3 Å². The second-order valence-electron chi connectivity index (χ2n) is 4.73. The Kier molecular flexibility index (Phi) is 2.66. The second kappa shape index (κ2) is 4.33. The van der Waals surface area contributed by atoms with Gasteiger partial charge >= 0.3 is 0 Å². The van der Waals surface area contributed by atoms with Crippen molar-refractivity contribution in [2.45, 2.75) is 18.9 Å². The van der Waals surface area contributed by atoms with Crippen LogP contribution in [0.5, 0.6) is 0 Å². The van der Waals surface area contributed by atoms with E-state index in [1.165, 1.54) is 5.56 Å². The van der Waals surface area contributed by atoms with E-state index in [1.54, 1.807) is 0 Å². The van der Waals surface area contributed by atoms with Gasteiger partial charge in [-0.3, -0.25) is 9.59 Å². The molecule has 2 aliphatic rings. The van der Waals surface area contributed by atoms with Gasteiger partial charge in [-0.2, -0.15) is 0 Å². The minimum atomic E-state index is -0.105. The summed E-state index contributed by atoms with van der Waals surface area (Å²) in [5, 5.41) is 8.84. The Hall–Kier alpha value is -2.04. The normalized spacial score (nSPS) is 21.1. The van der Waals surface area contributed by atoms with Gasteiger partial charge in [0.2, 0.25) is 5.91 Å². The van der Waals surface area contributed by atoms with Gasteiger partial charge in [-0.25, -0.2) is 0 Å². The molecule has 1 saturated heterocycles. The molecule has 1 aromatic carbocycles. The Morgan fingerprint density at radius 1 is 1.33 bits per heavy atom. The Morgan fingerprint density at radius 2 is 2.22 bits per heavy atom. The monoisotopic (exact) mass is 245 g/mol. The van der Waals surface area contributed by atoms with Crippen LogP contribution in [0.25, 0.3) is 0 Å². The van der Waals surface area contributed by atoms with Gasteiger partial charge in [0.1, 0.15) is 0 Å². The maximum absolute atomic E-state index is 12.0. The Labute approximate surface area is 105 Å². The average molecular weight is 245 g/mol. The lowest BCUT2D eigenvalue weighted by atomic mass is 10.1. The van der Waals surface area contributed by atoms with Crippen molar-refractivity contribution in [2.24, 2.45) is 0 Å². The van der Waals surface area contributed by atoms with Crippen LogP contribution in [0, 0.1) is 0 Å². The molecule has 1 aromatic rings. The van der Waals surface area contributed by atoms with E-state index in [9.17, 15) is 9.59 Å². The second-order valence-corrected chi connectivity index (χ2v) is 4.73. The molecule has 3 rings (SSSR count). The van der Waals surface area contributed by atoms with Crippen LogP contribution < -0.4 is 16.0 Å². The molecule has 0 saturated carbocycles. The Morgan fingerprint density at radius 3 is 3.00 bits per heavy atom. The van der Waals surface area contributed by atoms with Crippen molar-refractivity contribution in [1.82, 2.24) is 10.6 Å². The minimum Gasteiger partial charge on any atom is -0.384 e. The molecule has 0 aliphatic carbocycles. The maximum Gasteiger partial charge on any atom is 0.251 e. The molecule has 1 atom stereocenters. The molecule has 0 radical (unpaired) electrons. The van der Waals surface area contributed by atoms with E-state index < -0.39 is 0 Å². The van der Waals surface area contributed by atoms with Crippen molar-refractivity contribution in [2.75, 3.05) is 18.4 Å². The zero-order chi connectivity index (χ0) is 12.5. The standard InChI is InChI=1S/C13H15N3O2/c17-12-6-10(7-15-12)16-13(18)9-1-2-11-8(5-9)3-4-14-11/h1-2,5,10,14H,3-4,6-7H2,(H,15,17)(H,16,18). The van der Waals surface area contributed by atoms with E-state index >= 15 is 0 Å². The molecule has 0 spiro atoms. The van der Waals surface area contributed by atoms with Crippen LogP contribution in [-0.4, -0.2) is 30.9 Å². The van der Waals surface area contributed by atoms with Gasteiger partial charge in [-0.15, -0.1) is 0 Å². The van der Waals surface area contributed by atoms with E-state index in [-0.39, 0.29) is 17.9 Å². The molecule has 1 unspecified atom stereocenters. The van der Waals surface area contributed by atoms with Crippen molar-refractivity contribution in [1.29, 1.82) is 0 Å². The predicted octanol–water partition coefficient (Wildman–Crippen LogP) is 0.273. The average Bonchev–Trinajstić information content (AvgIpc) is 2.96. The molecule has 2 aliphatic heterocycles. The van der Waals surface area contributed by atoms with Crippen molar-refractivity contribution in [3.8, 4) is 0 Å². The number of benzene rings is 1. The minimum absolute atomic E-state index is 0.00143. The summed E-state index contributed by atoms with van der Waals surface area (Å²) in [6.45, 7) is 1.46. The first kappa shape index (κ1) is 11.1. The highest BCUT2D eigenvalue weighted by Gasteiger charge is 2.23. The summed E-state index contributed by atoms with van der Waals surface area (Å²) in [6.07, 6.45) is 1.33. The van der Waals surface area contributed by atoms with Gasteiger partial charge in [-0.05, 0) is 30.2 Å². The first-order valence-electron chi connectivity index (χ1n) is 6.17. The molecule has 5 nitrogen and oxygen atoms in total. The lowest BCUT2D eigenvalue weighted by molar-refractivity contribution is -0.119. The maximum atomic E-state index is 12.0. The van der Waals surface area contributed by atoms with E-state index in [1.807, 2.05) is 18.2 Å². The quantitative estimate of drug-likeness (QED) is 0.700. The molecule has 0 aromatic heterocycles. The number of carbonyl (C=O) groups is 2. The fourth-order valence-corrected chi connectivity index (χ4v) is 2.42. The molecule has 94 valence electrons. The van der Waals surface area contributed by atoms with Crippen molar-refractivity contribution >= 4 is 17.5 Å². The van der Waals surface area contributed by atoms with Gasteiger partial charge < -0.3 is 16.0 Å². The number of nitrogens with one attached hydrogen (secondary N) is 3. The zero-order valence-electron chi connectivity index (χ0n) is 9.95. The third kappa shape index (κ3) is 2.03. The van der Waals surface area contributed by atoms with Crippen LogP contribution >= 0.6 is 0 Å². The fraction of sp³-hybridized carbons (Fsp3) is 0.385. The Bertz CT molecular complexity index is 513. The van der Waals surface area contributed by atoms with Crippen LogP contribution in [0.1, 0.15) is 22.3 Å². The fourth-order valence-electron chi connectivity index (χ4n) is 2.42. The van der Waals surface area contributed by atoms with E-state index in [4.69, 9.17) is 0 Å². The number of amides is 2. The third-order valence-electron chi connectivity index (χ3n) is 3.39. The van der Waals surface area contributed by atoms with E-state index in [0.717, 1.165) is 18.7 Å². The largest absolute Gasteiger partial charge is 0.384 e. The smallest absolute Gasteiger partial charge is 0.251 e. The van der Waals surface area contributed by atoms with Crippen LogP contribution in [0.4, 0.5) is 5.69 Å². The summed E-state index contributed by atoms with van der Waals surface area (Å²) in [7, 11) is 0. The van der Waals surface area contributed by atoms with Crippen LogP contribution in [-0.2, 0) is 11.2 Å². The summed E-state index contributed by atoms with van der Waals surface area (Å²) >= 11 is 0. The highest BCUT2D eigenvalue weighted by Crippen LogP contribution is 2.23. The summed E-state index contributed by atoms with van der Waals surface area (Å²) < 4.78 is 0. The highest BCUT2D eigenvalue weighted by atomic mass is 16.2. The zero-order valence-corrected chi connectivity index (χ0v) is 9.95. The molecule has 18 heavy (non-hydrogen) atoms. The van der Waals surface area contributed by atoms with Crippen molar-refractivity contribution < 1.29 is 9.59 Å². The van der Waals surface area contributed by atoms with Gasteiger partial charge in [0.15, 0.2) is 0 Å². The highest BCUT2D eigenvalue weighted by molar-refractivity contribution is 5.95. The molecule has 1 fully saturated rings. The molecular formula is C13H15N3O2. The number of carbonyl (C=O) groups excluding carboxylic acids is 2. The van der Waals surface area contributed by atoms with Gasteiger partial charge in [0, 0.05) is 30.8 Å². The van der Waals surface area contributed by atoms with Gasteiger partial charge in [0.25, 0.3) is 5.91 Å². The van der Waals surface area contributed by atoms with Crippen LogP contribution in [0.15, 0.2) is 18.2 Å². The third-order valence-corrected chi connectivity index (χ3v) is 3.39. The first-order chi connectivity index (χ1) is 8.72. The number of anilines is 1. The van der Waals surface area contributed by atoms with Crippen molar-refractivity contribution in [3.63, 3.8) is 0 Å². The summed E-state index contributed by atoms with van der Waals surface area (Å²) in [4.78, 5) is 23.1. The summed E-state index contributed by atoms with van der Waals surface area (Å²) in [6, 6.07) is 5.59. The molecular weight excluding hydrogens is 230 g/mol. The van der Waals surface area contributed by atoms with Gasteiger partial charge in [0.05, 0.1) is 6.04 Å². The van der Waals surface area contributed by atoms with Gasteiger partial charge in [-0.1, -0.05) is 0 Å². The SMILES string of the molecule is O=C1CC(NC(=O)c2ccc3c(c2)CCN3)CN1. The predicted molar refractivity (Wildman–Crippen MR) is 67.5 cm³/mol. The molecule has 2 heterocycles. The lowest BCUT2D eigenvalue weighted by Gasteiger charge is -2.11. The summed E-state index contributed by atoms with van der Waals surface area (Å²) in [5.74, 6) is -0.107. The van der Waals surface area contributed by atoms with Crippen LogP contribution in [0.2, 0.25) is 0 Å². The number of fused-ring (bicyclic) bond motifs is 1. The van der Waals surface area contributed by atoms with E-state index in [2.05, 4.69) is 16.0 Å². The number of rotatable bonds is 2. The van der Waals surface area contributed by atoms with Crippen LogP contribution in [0.3, 0.4) is 0 Å². The molecule has 2 amide bonds. The lowest BCUT2D eigenvalue weighted by Crippen LogP contribution is -2.36. The molecule has 0 bridgehead atoms. The number of hydrogen-bond donors (Lipinski definition) is 3. The number of hydrogen-bond acceptors (Lipinski definition) is 3. The molecule has 5 heteroatoms. The summed E-state index contributed by atoms with van der Waals surface area (Å²) in [5.41, 5.74) is 2.96. The van der Waals surface area contributed by atoms with E-state index in [0.29, 0.717) is 18.5 Å². The molecule has 3 N–H and O–H groups in total. The first-order valence-corrected chi connectivity index (χ1v) is 6.17.